The largest absolute Gasteiger partial charge is 0.480 e. The van der Waals surface area contributed by atoms with E-state index in [9.17, 15) is 19.7 Å². The highest BCUT2D eigenvalue weighted by Gasteiger charge is 2.38. The molecule has 0 spiro atoms. The average molecular weight is 351 g/mol. The number of nitrogens with zero attached hydrogens (tertiary/aromatic N) is 1. The van der Waals surface area contributed by atoms with Crippen molar-refractivity contribution in [3.05, 3.63) is 39.9 Å². The Hall–Kier alpha value is -2.68. The Morgan fingerprint density at radius 2 is 1.92 bits per heavy atom. The number of benzene rings is 1. The molecule has 9 nitrogen and oxygen atoms in total. The molecular formula is C16H21N3O6. The lowest BCUT2D eigenvalue weighted by Gasteiger charge is -2.33. The van der Waals surface area contributed by atoms with Crippen molar-refractivity contribution in [2.24, 2.45) is 11.7 Å². The van der Waals surface area contributed by atoms with Gasteiger partial charge in [0.15, 0.2) is 0 Å². The number of ether oxygens (including phenoxy) is 1. The summed E-state index contributed by atoms with van der Waals surface area (Å²) in [4.78, 5) is 32.8. The standard InChI is InChI=1S/C16H21N3O6/c17-16(14(20)21)7-5-11(6-8-16)9-18-15(22)25-10-12-1-3-13(4-2-12)19(23)24/h1-4,11H,5-10,17H2,(H,18,22)(H,20,21). The van der Waals surface area contributed by atoms with Crippen LogP contribution in [0.1, 0.15) is 31.2 Å². The first-order valence-electron chi connectivity index (χ1n) is 7.96. The van der Waals surface area contributed by atoms with Crippen LogP contribution >= 0.6 is 0 Å². The molecule has 25 heavy (non-hydrogen) atoms. The minimum Gasteiger partial charge on any atom is -0.480 e. The number of nitro groups is 1. The van der Waals surface area contributed by atoms with Gasteiger partial charge in [-0.05, 0) is 49.3 Å². The van der Waals surface area contributed by atoms with Crippen LogP contribution < -0.4 is 11.1 Å². The Balaban J connectivity index is 1.69. The SMILES string of the molecule is NC1(C(=O)O)CCC(CNC(=O)OCc2ccc([N+](=O)[O-])cc2)CC1. The zero-order valence-electron chi connectivity index (χ0n) is 13.6. The summed E-state index contributed by atoms with van der Waals surface area (Å²) in [5.74, 6) is -0.815. The van der Waals surface area contributed by atoms with E-state index in [4.69, 9.17) is 15.6 Å². The molecule has 4 N–H and O–H groups in total. The van der Waals surface area contributed by atoms with E-state index in [-0.39, 0.29) is 18.2 Å². The van der Waals surface area contributed by atoms with E-state index in [1.165, 1.54) is 24.3 Å². The molecule has 0 aliphatic heterocycles. The monoisotopic (exact) mass is 351 g/mol. The molecule has 0 atom stereocenters. The Morgan fingerprint density at radius 1 is 1.32 bits per heavy atom. The summed E-state index contributed by atoms with van der Waals surface area (Å²) < 4.78 is 5.06. The third-order valence-electron chi connectivity index (χ3n) is 4.48. The molecule has 1 amide bonds. The van der Waals surface area contributed by atoms with Gasteiger partial charge >= 0.3 is 12.1 Å². The summed E-state index contributed by atoms with van der Waals surface area (Å²) in [5, 5.41) is 22.3. The summed E-state index contributed by atoms with van der Waals surface area (Å²) in [5.41, 5.74) is 5.27. The summed E-state index contributed by atoms with van der Waals surface area (Å²) in [6, 6.07) is 5.75. The molecule has 0 bridgehead atoms. The maximum absolute atomic E-state index is 11.7. The normalized spacial score (nSPS) is 22.8. The molecule has 0 saturated heterocycles. The average Bonchev–Trinajstić information content (AvgIpc) is 2.59. The predicted molar refractivity (Wildman–Crippen MR) is 87.8 cm³/mol. The van der Waals surface area contributed by atoms with E-state index in [1.54, 1.807) is 0 Å². The van der Waals surface area contributed by atoms with Crippen molar-refractivity contribution >= 4 is 17.7 Å². The van der Waals surface area contributed by atoms with Gasteiger partial charge in [0.25, 0.3) is 5.69 Å². The van der Waals surface area contributed by atoms with Gasteiger partial charge < -0.3 is 20.9 Å². The molecule has 1 aromatic rings. The van der Waals surface area contributed by atoms with Crippen LogP contribution in [0.4, 0.5) is 10.5 Å². The van der Waals surface area contributed by atoms with E-state index in [1.807, 2.05) is 0 Å². The van der Waals surface area contributed by atoms with Crippen molar-refractivity contribution in [2.75, 3.05) is 6.54 Å². The third-order valence-corrected chi connectivity index (χ3v) is 4.48. The van der Waals surface area contributed by atoms with E-state index >= 15 is 0 Å². The number of carbonyl (C=O) groups excluding carboxylic acids is 1. The molecule has 0 heterocycles. The van der Waals surface area contributed by atoms with Crippen LogP contribution in [0.5, 0.6) is 0 Å². The van der Waals surface area contributed by atoms with Crippen LogP contribution in [-0.4, -0.2) is 34.2 Å². The van der Waals surface area contributed by atoms with Crippen LogP contribution in [0.15, 0.2) is 24.3 Å². The van der Waals surface area contributed by atoms with Crippen LogP contribution in [0.3, 0.4) is 0 Å². The molecule has 2 rings (SSSR count). The lowest BCUT2D eigenvalue weighted by atomic mass is 9.77. The van der Waals surface area contributed by atoms with Crippen LogP contribution in [0, 0.1) is 16.0 Å². The minimum absolute atomic E-state index is 0.0133. The molecule has 1 aromatic carbocycles. The van der Waals surface area contributed by atoms with Crippen molar-refractivity contribution < 1.29 is 24.4 Å². The van der Waals surface area contributed by atoms with Crippen LogP contribution in [0.25, 0.3) is 0 Å². The fraction of sp³-hybridized carbons (Fsp3) is 0.500. The van der Waals surface area contributed by atoms with Crippen LogP contribution in [-0.2, 0) is 16.1 Å². The van der Waals surface area contributed by atoms with Gasteiger partial charge in [0.1, 0.15) is 12.1 Å². The molecule has 0 radical (unpaired) electrons. The maximum atomic E-state index is 11.7. The van der Waals surface area contributed by atoms with Crippen molar-refractivity contribution in [1.82, 2.24) is 5.32 Å². The number of carbonyl (C=O) groups is 2. The molecule has 1 aliphatic carbocycles. The highest BCUT2D eigenvalue weighted by atomic mass is 16.6. The van der Waals surface area contributed by atoms with E-state index in [0.717, 1.165) is 0 Å². The Labute approximate surface area is 144 Å². The zero-order chi connectivity index (χ0) is 18.4. The number of carboxylic acids is 1. The molecule has 136 valence electrons. The van der Waals surface area contributed by atoms with Gasteiger partial charge in [-0.1, -0.05) is 0 Å². The van der Waals surface area contributed by atoms with E-state index in [2.05, 4.69) is 5.32 Å². The quantitative estimate of drug-likeness (QED) is 0.523. The number of hydrogen-bond donors (Lipinski definition) is 3. The predicted octanol–water partition coefficient (Wildman–Crippen LogP) is 1.79. The van der Waals surface area contributed by atoms with E-state index in [0.29, 0.717) is 37.8 Å². The number of rotatable bonds is 6. The first kappa shape index (κ1) is 18.7. The number of nitrogens with one attached hydrogen (secondary N) is 1. The van der Waals surface area contributed by atoms with Crippen molar-refractivity contribution in [3.8, 4) is 0 Å². The van der Waals surface area contributed by atoms with Crippen molar-refractivity contribution in [1.29, 1.82) is 0 Å². The van der Waals surface area contributed by atoms with Gasteiger partial charge in [-0.25, -0.2) is 4.79 Å². The Morgan fingerprint density at radius 3 is 2.44 bits per heavy atom. The number of alkyl carbamates (subject to hydrolysis) is 1. The van der Waals surface area contributed by atoms with Gasteiger partial charge in [0.2, 0.25) is 0 Å². The number of aliphatic carboxylic acids is 1. The van der Waals surface area contributed by atoms with Gasteiger partial charge in [-0.15, -0.1) is 0 Å². The molecule has 1 aliphatic rings. The van der Waals surface area contributed by atoms with Gasteiger partial charge in [-0.3, -0.25) is 14.9 Å². The first-order valence-corrected chi connectivity index (χ1v) is 7.96. The second kappa shape index (κ2) is 7.93. The summed E-state index contributed by atoms with van der Waals surface area (Å²) >= 11 is 0. The molecule has 1 saturated carbocycles. The maximum Gasteiger partial charge on any atom is 0.407 e. The molecule has 0 aromatic heterocycles. The smallest absolute Gasteiger partial charge is 0.407 e. The summed E-state index contributed by atoms with van der Waals surface area (Å²) in [6.07, 6.45) is 1.44. The molecule has 9 heteroatoms. The van der Waals surface area contributed by atoms with E-state index < -0.39 is 22.5 Å². The van der Waals surface area contributed by atoms with Gasteiger partial charge in [0.05, 0.1) is 4.92 Å². The Bertz CT molecular complexity index is 638. The highest BCUT2D eigenvalue weighted by Crippen LogP contribution is 2.30. The minimum atomic E-state index is -1.16. The van der Waals surface area contributed by atoms with Crippen molar-refractivity contribution in [2.45, 2.75) is 37.8 Å². The topological polar surface area (TPSA) is 145 Å². The number of hydrogen-bond acceptors (Lipinski definition) is 6. The summed E-state index contributed by atoms with van der Waals surface area (Å²) in [7, 11) is 0. The second-order valence-corrected chi connectivity index (χ2v) is 6.29. The Kier molecular flexibility index (Phi) is 5.92. The first-order chi connectivity index (χ1) is 11.8. The number of nitrogens with two attached hydrogens (primary N) is 1. The van der Waals surface area contributed by atoms with Crippen molar-refractivity contribution in [3.63, 3.8) is 0 Å². The number of non-ortho nitro benzene ring substituents is 1. The lowest BCUT2D eigenvalue weighted by Crippen LogP contribution is -2.51. The fourth-order valence-corrected chi connectivity index (χ4v) is 2.75. The number of carboxylic acid groups (broad SMARTS) is 1. The number of amides is 1. The fourth-order valence-electron chi connectivity index (χ4n) is 2.75. The van der Waals surface area contributed by atoms with Gasteiger partial charge in [0, 0.05) is 18.7 Å². The van der Waals surface area contributed by atoms with Crippen LogP contribution in [0.2, 0.25) is 0 Å². The molecular weight excluding hydrogens is 330 g/mol. The number of nitro benzene ring substituents is 1. The summed E-state index contributed by atoms with van der Waals surface area (Å²) in [6.45, 7) is 0.411. The molecule has 0 unspecified atom stereocenters. The lowest BCUT2D eigenvalue weighted by molar-refractivity contribution is -0.384. The molecule has 1 fully saturated rings. The highest BCUT2D eigenvalue weighted by molar-refractivity contribution is 5.78. The second-order valence-electron chi connectivity index (χ2n) is 6.29. The third kappa shape index (κ3) is 5.15. The zero-order valence-corrected chi connectivity index (χ0v) is 13.6. The van der Waals surface area contributed by atoms with Gasteiger partial charge in [-0.2, -0.15) is 0 Å².